The Hall–Kier alpha value is -3.35. The monoisotopic (exact) mass is 450 g/mol. The molecule has 1 saturated heterocycles. The number of carboxylic acids is 1. The van der Waals surface area contributed by atoms with E-state index in [1.807, 2.05) is 31.2 Å². The van der Waals surface area contributed by atoms with Gasteiger partial charge in [0.25, 0.3) is 0 Å². The number of aliphatic carboxylic acids is 1. The van der Waals surface area contributed by atoms with E-state index in [4.69, 9.17) is 4.74 Å². The van der Waals surface area contributed by atoms with Crippen LogP contribution in [-0.4, -0.2) is 53.7 Å². The predicted molar refractivity (Wildman–Crippen MR) is 124 cm³/mol. The molecule has 4 rings (SSSR count). The highest BCUT2D eigenvalue weighted by Gasteiger charge is 2.47. The lowest BCUT2D eigenvalue weighted by Crippen LogP contribution is -2.40. The fourth-order valence-corrected chi connectivity index (χ4v) is 4.90. The zero-order valence-corrected chi connectivity index (χ0v) is 19.2. The van der Waals surface area contributed by atoms with E-state index in [1.165, 1.54) is 0 Å². The van der Waals surface area contributed by atoms with Crippen molar-refractivity contribution in [3.63, 3.8) is 0 Å². The van der Waals surface area contributed by atoms with Crippen LogP contribution in [0.1, 0.15) is 44.2 Å². The SMILES string of the molecule is CC(CC(=O)N1CC(C)C(C)(C(=O)O)C1)NC(=O)OCC1c2ccccc2-c2ccccc21. The summed E-state index contributed by atoms with van der Waals surface area (Å²) in [7, 11) is 0. The van der Waals surface area contributed by atoms with Crippen LogP contribution in [0.4, 0.5) is 4.79 Å². The number of ether oxygens (including phenoxy) is 1. The number of likely N-dealkylation sites (tertiary alicyclic amines) is 1. The highest BCUT2D eigenvalue weighted by atomic mass is 16.5. The number of hydrogen-bond donors (Lipinski definition) is 2. The number of hydrogen-bond acceptors (Lipinski definition) is 4. The summed E-state index contributed by atoms with van der Waals surface area (Å²) in [4.78, 5) is 38.3. The van der Waals surface area contributed by atoms with Crippen LogP contribution < -0.4 is 5.32 Å². The summed E-state index contributed by atoms with van der Waals surface area (Å²) >= 11 is 0. The first-order chi connectivity index (χ1) is 15.7. The molecule has 0 bridgehead atoms. The minimum Gasteiger partial charge on any atom is -0.481 e. The van der Waals surface area contributed by atoms with E-state index in [1.54, 1.807) is 18.7 Å². The van der Waals surface area contributed by atoms with E-state index in [0.29, 0.717) is 6.54 Å². The minimum atomic E-state index is -0.945. The number of carboxylic acid groups (broad SMARTS) is 1. The molecule has 2 aromatic rings. The Morgan fingerprint density at radius 3 is 2.24 bits per heavy atom. The normalized spacial score (nSPS) is 22.4. The summed E-state index contributed by atoms with van der Waals surface area (Å²) < 4.78 is 5.55. The van der Waals surface area contributed by atoms with Crippen molar-refractivity contribution in [2.24, 2.45) is 11.3 Å². The Morgan fingerprint density at radius 2 is 1.70 bits per heavy atom. The van der Waals surface area contributed by atoms with E-state index < -0.39 is 23.5 Å². The van der Waals surface area contributed by atoms with E-state index in [9.17, 15) is 19.5 Å². The van der Waals surface area contributed by atoms with Crippen molar-refractivity contribution in [1.29, 1.82) is 0 Å². The zero-order chi connectivity index (χ0) is 23.8. The topological polar surface area (TPSA) is 95.9 Å². The molecule has 7 nitrogen and oxygen atoms in total. The maximum Gasteiger partial charge on any atom is 0.407 e. The maximum atomic E-state index is 12.7. The maximum absolute atomic E-state index is 12.7. The number of alkyl carbamates (subject to hydrolysis) is 1. The average Bonchev–Trinajstić information content (AvgIpc) is 3.27. The quantitative estimate of drug-likeness (QED) is 0.697. The molecule has 0 radical (unpaired) electrons. The third-order valence-corrected chi connectivity index (χ3v) is 7.13. The number of rotatable bonds is 6. The summed E-state index contributed by atoms with van der Waals surface area (Å²) in [5, 5.41) is 12.2. The summed E-state index contributed by atoms with van der Waals surface area (Å²) in [5.74, 6) is -1.22. The number of fused-ring (bicyclic) bond motifs is 3. The van der Waals surface area contributed by atoms with Crippen molar-refractivity contribution in [3.8, 4) is 11.1 Å². The highest BCUT2D eigenvalue weighted by molar-refractivity contribution is 5.82. The molecule has 7 heteroatoms. The zero-order valence-electron chi connectivity index (χ0n) is 19.2. The molecular formula is C26H30N2O5. The van der Waals surface area contributed by atoms with Gasteiger partial charge < -0.3 is 20.1 Å². The molecule has 0 saturated carbocycles. The first-order valence-electron chi connectivity index (χ1n) is 11.3. The van der Waals surface area contributed by atoms with Crippen LogP contribution >= 0.6 is 0 Å². The van der Waals surface area contributed by atoms with Crippen molar-refractivity contribution in [1.82, 2.24) is 10.2 Å². The number of amides is 2. The van der Waals surface area contributed by atoms with Crippen LogP contribution in [0.5, 0.6) is 0 Å². The van der Waals surface area contributed by atoms with Gasteiger partial charge in [0.2, 0.25) is 5.91 Å². The van der Waals surface area contributed by atoms with Crippen LogP contribution in [0.15, 0.2) is 48.5 Å². The van der Waals surface area contributed by atoms with Crippen molar-refractivity contribution in [2.45, 2.75) is 39.2 Å². The van der Waals surface area contributed by atoms with Crippen molar-refractivity contribution < 1.29 is 24.2 Å². The summed E-state index contributed by atoms with van der Waals surface area (Å²) in [6.45, 7) is 6.06. The second-order valence-electron chi connectivity index (χ2n) is 9.47. The van der Waals surface area contributed by atoms with E-state index in [2.05, 4.69) is 29.6 Å². The van der Waals surface area contributed by atoms with Crippen LogP contribution in [0, 0.1) is 11.3 Å². The molecule has 1 fully saturated rings. The Morgan fingerprint density at radius 1 is 1.12 bits per heavy atom. The summed E-state index contributed by atoms with van der Waals surface area (Å²) in [5.41, 5.74) is 3.65. The number of nitrogens with one attached hydrogen (secondary N) is 1. The molecule has 3 unspecified atom stereocenters. The van der Waals surface area contributed by atoms with Crippen LogP contribution in [-0.2, 0) is 14.3 Å². The Labute approximate surface area is 193 Å². The lowest BCUT2D eigenvalue weighted by atomic mass is 9.81. The van der Waals surface area contributed by atoms with Gasteiger partial charge in [0.15, 0.2) is 0 Å². The second-order valence-corrected chi connectivity index (χ2v) is 9.47. The highest BCUT2D eigenvalue weighted by Crippen LogP contribution is 2.44. The molecular weight excluding hydrogens is 420 g/mol. The first kappa shape index (κ1) is 22.8. The Balaban J connectivity index is 1.31. The number of carbonyl (C=O) groups excluding carboxylic acids is 2. The molecule has 1 aliphatic heterocycles. The molecule has 1 heterocycles. The van der Waals surface area contributed by atoms with Gasteiger partial charge in [-0.05, 0) is 42.0 Å². The van der Waals surface area contributed by atoms with Gasteiger partial charge in [0, 0.05) is 31.5 Å². The van der Waals surface area contributed by atoms with E-state index in [0.717, 1.165) is 22.3 Å². The third-order valence-electron chi connectivity index (χ3n) is 7.13. The van der Waals surface area contributed by atoms with Crippen LogP contribution in [0.2, 0.25) is 0 Å². The average molecular weight is 451 g/mol. The summed E-state index contributed by atoms with van der Waals surface area (Å²) in [6, 6.07) is 15.8. The predicted octanol–water partition coefficient (Wildman–Crippen LogP) is 3.87. The fourth-order valence-electron chi connectivity index (χ4n) is 4.90. The van der Waals surface area contributed by atoms with E-state index >= 15 is 0 Å². The fraction of sp³-hybridized carbons (Fsp3) is 0.423. The number of nitrogens with zero attached hydrogens (tertiary/aromatic N) is 1. The van der Waals surface area contributed by atoms with Gasteiger partial charge >= 0.3 is 12.1 Å². The standard InChI is InChI=1S/C26H30N2O5/c1-16-13-28(15-26(16,3)24(30)31)23(29)12-17(2)27-25(32)33-14-22-20-10-6-4-8-18(20)19-9-5-7-11-21(19)22/h4-11,16-17,22H,12-15H2,1-3H3,(H,27,32)(H,30,31). The van der Waals surface area contributed by atoms with Gasteiger partial charge in [-0.1, -0.05) is 55.5 Å². The van der Waals surface area contributed by atoms with Crippen LogP contribution in [0.3, 0.4) is 0 Å². The number of carbonyl (C=O) groups is 3. The Kier molecular flexibility index (Phi) is 6.15. The lowest BCUT2D eigenvalue weighted by molar-refractivity contribution is -0.149. The molecule has 3 atom stereocenters. The van der Waals surface area contributed by atoms with Gasteiger partial charge in [-0.25, -0.2) is 4.79 Å². The molecule has 174 valence electrons. The summed E-state index contributed by atoms with van der Waals surface area (Å²) in [6.07, 6.45) is -0.477. The number of benzene rings is 2. The third kappa shape index (κ3) is 4.32. The van der Waals surface area contributed by atoms with Gasteiger partial charge in [-0.2, -0.15) is 0 Å². The van der Waals surface area contributed by atoms with Crippen molar-refractivity contribution in [3.05, 3.63) is 59.7 Å². The van der Waals surface area contributed by atoms with E-state index in [-0.39, 0.29) is 37.3 Å². The smallest absolute Gasteiger partial charge is 0.407 e. The Bertz CT molecular complexity index is 1040. The van der Waals surface area contributed by atoms with Gasteiger partial charge in [-0.15, -0.1) is 0 Å². The molecule has 2 amide bonds. The molecule has 0 aromatic heterocycles. The molecule has 2 aromatic carbocycles. The lowest BCUT2D eigenvalue weighted by Gasteiger charge is -2.23. The minimum absolute atomic E-state index is 0.0279. The molecule has 33 heavy (non-hydrogen) atoms. The first-order valence-corrected chi connectivity index (χ1v) is 11.3. The largest absolute Gasteiger partial charge is 0.481 e. The molecule has 2 N–H and O–H groups in total. The molecule has 2 aliphatic rings. The van der Waals surface area contributed by atoms with Crippen LogP contribution in [0.25, 0.3) is 11.1 Å². The van der Waals surface area contributed by atoms with Gasteiger partial charge in [0.1, 0.15) is 6.61 Å². The molecule has 1 aliphatic carbocycles. The van der Waals surface area contributed by atoms with Gasteiger partial charge in [-0.3, -0.25) is 9.59 Å². The van der Waals surface area contributed by atoms with Crippen molar-refractivity contribution in [2.75, 3.05) is 19.7 Å². The second kappa shape index (κ2) is 8.89. The van der Waals surface area contributed by atoms with Gasteiger partial charge in [0.05, 0.1) is 5.41 Å². The van der Waals surface area contributed by atoms with Crippen molar-refractivity contribution >= 4 is 18.0 Å². The molecule has 0 spiro atoms.